The Morgan fingerprint density at radius 1 is 1.14 bits per heavy atom. The number of pyridine rings is 1. The molecular weight excluding hydrogens is 492 g/mol. The Bertz CT molecular complexity index is 1270. The van der Waals surface area contributed by atoms with E-state index in [0.29, 0.717) is 47.6 Å². The Balaban J connectivity index is 1.72. The Hall–Kier alpha value is -2.44. The van der Waals surface area contributed by atoms with E-state index in [4.69, 9.17) is 14.7 Å². The lowest BCUT2D eigenvalue weighted by Gasteiger charge is -2.34. The van der Waals surface area contributed by atoms with Crippen LogP contribution in [0.2, 0.25) is 0 Å². The van der Waals surface area contributed by atoms with Crippen LogP contribution in [0, 0.1) is 19.8 Å². The highest BCUT2D eigenvalue weighted by Crippen LogP contribution is 2.43. The highest BCUT2D eigenvalue weighted by molar-refractivity contribution is 7.21. The van der Waals surface area contributed by atoms with E-state index < -0.39 is 23.3 Å². The van der Waals surface area contributed by atoms with Crippen molar-refractivity contribution in [2.45, 2.75) is 84.3 Å². The van der Waals surface area contributed by atoms with Crippen LogP contribution in [0.1, 0.15) is 58.8 Å². The summed E-state index contributed by atoms with van der Waals surface area (Å²) in [6, 6.07) is 1.92. The average molecular weight is 531 g/mol. The number of rotatable bonds is 8. The van der Waals surface area contributed by atoms with Crippen LogP contribution in [0.3, 0.4) is 0 Å². The van der Waals surface area contributed by atoms with Gasteiger partial charge in [0.05, 0.1) is 39.5 Å². The Morgan fingerprint density at radius 3 is 2.49 bits per heavy atom. The summed E-state index contributed by atoms with van der Waals surface area (Å²) in [5, 5.41) is 40.0. The topological polar surface area (TPSA) is 146 Å². The molecule has 3 atom stereocenters. The first kappa shape index (κ1) is 27.6. The number of aryl methyl sites for hydroxylation is 2. The van der Waals surface area contributed by atoms with E-state index in [2.05, 4.69) is 20.6 Å². The highest BCUT2D eigenvalue weighted by atomic mass is 32.1. The normalized spacial score (nSPS) is 22.5. The molecule has 1 fully saturated rings. The summed E-state index contributed by atoms with van der Waals surface area (Å²) in [4.78, 5) is 18.5. The second-order valence-electron chi connectivity index (χ2n) is 11.3. The summed E-state index contributed by atoms with van der Waals surface area (Å²) >= 11 is 1.49. The number of aromatic nitrogens is 4. The molecule has 4 rings (SSSR count). The van der Waals surface area contributed by atoms with Crippen LogP contribution in [0.4, 0.5) is 11.8 Å². The molecule has 3 heterocycles. The molecule has 0 amide bonds. The van der Waals surface area contributed by atoms with Gasteiger partial charge in [0.25, 0.3) is 0 Å². The van der Waals surface area contributed by atoms with Crippen LogP contribution in [0.15, 0.2) is 12.3 Å². The lowest BCUT2D eigenvalue weighted by atomic mass is 9.87. The predicted octanol–water partition coefficient (Wildman–Crippen LogP) is 3.63. The SMILES string of the molecule is Cc1nc(NCCOC(C)(C)C)nc(NC2(O)CCC(C(C)(C)O)C2O)c1-c1nc2c(C)nccc2s1. The van der Waals surface area contributed by atoms with Gasteiger partial charge >= 0.3 is 0 Å². The molecule has 3 aromatic heterocycles. The van der Waals surface area contributed by atoms with Gasteiger partial charge in [-0.05, 0) is 67.4 Å². The van der Waals surface area contributed by atoms with Crippen molar-refractivity contribution >= 4 is 33.3 Å². The zero-order valence-corrected chi connectivity index (χ0v) is 23.4. The number of anilines is 2. The van der Waals surface area contributed by atoms with Crippen molar-refractivity contribution in [2.75, 3.05) is 23.8 Å². The molecule has 202 valence electrons. The summed E-state index contributed by atoms with van der Waals surface area (Å²) in [6.07, 6.45) is 1.25. The lowest BCUT2D eigenvalue weighted by molar-refractivity contribution is -0.0926. The molecule has 0 aliphatic heterocycles. The third kappa shape index (κ3) is 6.01. The molecule has 0 bridgehead atoms. The standard InChI is InChI=1S/C26H38N6O4S/c1-14-18(22-30-19-15(2)27-11-9-17(19)37-22)21(31-23(29-14)28-12-13-36-24(3,4)5)32-26(35)10-8-16(20(26)33)25(6,7)34/h9,11,16,20,33-35H,8,10,12-13H2,1-7H3,(H2,28,29,31,32). The molecule has 3 aromatic rings. The Labute approximate surface area is 221 Å². The number of fused-ring (bicyclic) bond motifs is 1. The van der Waals surface area contributed by atoms with Crippen LogP contribution in [0.5, 0.6) is 0 Å². The van der Waals surface area contributed by atoms with Crippen LogP contribution < -0.4 is 10.6 Å². The fourth-order valence-corrected chi connectivity index (χ4v) is 5.81. The van der Waals surface area contributed by atoms with E-state index in [1.165, 1.54) is 11.3 Å². The fourth-order valence-electron chi connectivity index (χ4n) is 4.70. The third-order valence-corrected chi connectivity index (χ3v) is 7.70. The molecule has 0 radical (unpaired) electrons. The van der Waals surface area contributed by atoms with Crippen molar-refractivity contribution in [3.8, 4) is 10.6 Å². The van der Waals surface area contributed by atoms with Crippen LogP contribution in [-0.2, 0) is 4.74 Å². The first-order chi connectivity index (χ1) is 17.2. The maximum atomic E-state index is 11.5. The van der Waals surface area contributed by atoms with Crippen molar-refractivity contribution in [3.05, 3.63) is 23.7 Å². The number of nitrogens with one attached hydrogen (secondary N) is 2. The zero-order valence-electron chi connectivity index (χ0n) is 22.6. The Kier molecular flexibility index (Phi) is 7.48. The average Bonchev–Trinajstić information content (AvgIpc) is 3.32. The number of aliphatic hydroxyl groups is 3. The Morgan fingerprint density at radius 2 is 1.86 bits per heavy atom. The van der Waals surface area contributed by atoms with Crippen LogP contribution >= 0.6 is 11.3 Å². The number of hydrogen-bond acceptors (Lipinski definition) is 11. The first-order valence-corrected chi connectivity index (χ1v) is 13.4. The van der Waals surface area contributed by atoms with Crippen LogP contribution in [0.25, 0.3) is 20.8 Å². The quantitative estimate of drug-likeness (QED) is 0.216. The minimum absolute atomic E-state index is 0.246. The number of ether oxygens (including phenoxy) is 1. The maximum Gasteiger partial charge on any atom is 0.224 e. The van der Waals surface area contributed by atoms with Gasteiger partial charge in [0.15, 0.2) is 5.72 Å². The molecule has 37 heavy (non-hydrogen) atoms. The minimum atomic E-state index is -1.68. The van der Waals surface area contributed by atoms with E-state index in [1.54, 1.807) is 20.0 Å². The molecule has 1 saturated carbocycles. The number of hydrogen-bond donors (Lipinski definition) is 5. The zero-order chi connectivity index (χ0) is 27.2. The van der Waals surface area contributed by atoms with E-state index >= 15 is 0 Å². The molecule has 0 saturated heterocycles. The molecule has 0 aromatic carbocycles. The highest BCUT2D eigenvalue weighted by Gasteiger charge is 2.52. The summed E-state index contributed by atoms with van der Waals surface area (Å²) < 4.78 is 6.77. The summed E-state index contributed by atoms with van der Waals surface area (Å²) in [5.41, 5.74) is -0.151. The molecule has 0 spiro atoms. The predicted molar refractivity (Wildman–Crippen MR) is 146 cm³/mol. The molecule has 1 aliphatic rings. The van der Waals surface area contributed by atoms with Gasteiger partial charge in [-0.25, -0.2) is 9.97 Å². The van der Waals surface area contributed by atoms with Crippen molar-refractivity contribution < 1.29 is 20.1 Å². The van der Waals surface area contributed by atoms with Gasteiger partial charge in [0.2, 0.25) is 5.95 Å². The minimum Gasteiger partial charge on any atom is -0.390 e. The largest absolute Gasteiger partial charge is 0.390 e. The molecule has 3 unspecified atom stereocenters. The van der Waals surface area contributed by atoms with Gasteiger partial charge in [0, 0.05) is 18.7 Å². The number of thiazole rings is 1. The molecular formula is C26H38N6O4S. The van der Waals surface area contributed by atoms with Crippen molar-refractivity contribution in [1.29, 1.82) is 0 Å². The summed E-state index contributed by atoms with van der Waals surface area (Å²) in [6.45, 7) is 14.0. The molecule has 11 heteroatoms. The number of nitrogens with zero attached hydrogens (tertiary/aromatic N) is 4. The van der Waals surface area contributed by atoms with Gasteiger partial charge in [-0.2, -0.15) is 4.98 Å². The van der Waals surface area contributed by atoms with Crippen LogP contribution in [-0.4, -0.2) is 71.4 Å². The lowest BCUT2D eigenvalue weighted by Crippen LogP contribution is -2.51. The van der Waals surface area contributed by atoms with Crippen molar-refractivity contribution in [1.82, 2.24) is 19.9 Å². The van der Waals surface area contributed by atoms with Gasteiger partial charge < -0.3 is 30.7 Å². The van der Waals surface area contributed by atoms with E-state index in [-0.39, 0.29) is 12.0 Å². The van der Waals surface area contributed by atoms with E-state index in [9.17, 15) is 15.3 Å². The smallest absolute Gasteiger partial charge is 0.224 e. The second kappa shape index (κ2) is 10.0. The second-order valence-corrected chi connectivity index (χ2v) is 12.3. The van der Waals surface area contributed by atoms with Crippen molar-refractivity contribution in [2.24, 2.45) is 5.92 Å². The van der Waals surface area contributed by atoms with E-state index in [0.717, 1.165) is 15.9 Å². The number of aliphatic hydroxyl groups excluding tert-OH is 1. The molecule has 1 aliphatic carbocycles. The van der Waals surface area contributed by atoms with Gasteiger partial charge in [0.1, 0.15) is 22.4 Å². The summed E-state index contributed by atoms with van der Waals surface area (Å²) in [5.74, 6) is 0.226. The van der Waals surface area contributed by atoms with Gasteiger partial charge in [-0.3, -0.25) is 4.98 Å². The third-order valence-electron chi connectivity index (χ3n) is 6.66. The maximum absolute atomic E-state index is 11.5. The van der Waals surface area contributed by atoms with Gasteiger partial charge in [-0.15, -0.1) is 11.3 Å². The van der Waals surface area contributed by atoms with Crippen molar-refractivity contribution in [3.63, 3.8) is 0 Å². The monoisotopic (exact) mass is 530 g/mol. The molecule has 5 N–H and O–H groups in total. The fraction of sp³-hybridized carbons (Fsp3) is 0.615. The van der Waals surface area contributed by atoms with Gasteiger partial charge in [-0.1, -0.05) is 0 Å². The first-order valence-electron chi connectivity index (χ1n) is 12.6. The van der Waals surface area contributed by atoms with E-state index in [1.807, 2.05) is 40.7 Å². The molecule has 10 nitrogen and oxygen atoms in total. The summed E-state index contributed by atoms with van der Waals surface area (Å²) in [7, 11) is 0.